The molecular weight excluding hydrogens is 354 g/mol. The monoisotopic (exact) mass is 375 g/mol. The van der Waals surface area contributed by atoms with Gasteiger partial charge in [-0.15, -0.1) is 11.8 Å². The lowest BCUT2D eigenvalue weighted by Gasteiger charge is -2.29. The Morgan fingerprint density at radius 2 is 2.22 bits per heavy atom. The van der Waals surface area contributed by atoms with Crippen LogP contribution in [-0.2, 0) is 20.4 Å². The number of carbonyl (C=O) groups excluding carboxylic acids is 1. The highest BCUT2D eigenvalue weighted by Crippen LogP contribution is 2.24. The Labute approximate surface area is 147 Å². The van der Waals surface area contributed by atoms with Crippen molar-refractivity contribution in [3.05, 3.63) is 34.9 Å². The lowest BCUT2D eigenvalue weighted by atomic mass is 10.2. The van der Waals surface area contributed by atoms with Crippen LogP contribution in [0.3, 0.4) is 0 Å². The van der Waals surface area contributed by atoms with Gasteiger partial charge in [-0.1, -0.05) is 23.7 Å². The summed E-state index contributed by atoms with van der Waals surface area (Å²) in [6, 6.07) is 7.42. The van der Waals surface area contributed by atoms with Crippen LogP contribution in [0, 0.1) is 0 Å². The quantitative estimate of drug-likeness (QED) is 0.767. The van der Waals surface area contributed by atoms with E-state index < -0.39 is 9.84 Å². The second-order valence-corrected chi connectivity index (χ2v) is 9.76. The Morgan fingerprint density at radius 1 is 1.48 bits per heavy atom. The number of amides is 1. The van der Waals surface area contributed by atoms with E-state index >= 15 is 0 Å². The lowest BCUT2D eigenvalue weighted by molar-refractivity contribution is -0.131. The third-order valence-corrected chi connectivity index (χ3v) is 7.20. The van der Waals surface area contributed by atoms with E-state index in [-0.39, 0.29) is 28.7 Å². The van der Waals surface area contributed by atoms with Crippen molar-refractivity contribution >= 4 is 39.1 Å². The summed E-state index contributed by atoms with van der Waals surface area (Å²) in [6.45, 7) is 4.32. The van der Waals surface area contributed by atoms with Gasteiger partial charge in [0.2, 0.25) is 5.91 Å². The number of hydrogen-bond acceptors (Lipinski definition) is 4. The highest BCUT2D eigenvalue weighted by Gasteiger charge is 2.35. The normalized spacial score (nSPS) is 21.1. The van der Waals surface area contributed by atoms with Gasteiger partial charge in [-0.2, -0.15) is 0 Å². The molecule has 7 heteroatoms. The number of nitrogens with zero attached hydrogens (tertiary/aromatic N) is 1. The fourth-order valence-electron chi connectivity index (χ4n) is 2.77. The molecule has 1 amide bonds. The van der Waals surface area contributed by atoms with E-state index in [0.717, 1.165) is 5.56 Å². The van der Waals surface area contributed by atoms with Gasteiger partial charge < -0.3 is 4.90 Å². The molecule has 1 aliphatic rings. The molecule has 1 aromatic rings. The van der Waals surface area contributed by atoms with Gasteiger partial charge in [-0.25, -0.2) is 8.42 Å². The van der Waals surface area contributed by atoms with Gasteiger partial charge in [0.15, 0.2) is 9.84 Å². The molecule has 1 fully saturated rings. The SMILES string of the molecule is CCN(C(=O)C(C)SCc1cccc(Cl)c1)C1CCS(=O)(=O)C1. The van der Waals surface area contributed by atoms with Crippen LogP contribution in [0.4, 0.5) is 0 Å². The van der Waals surface area contributed by atoms with Crippen LogP contribution >= 0.6 is 23.4 Å². The summed E-state index contributed by atoms with van der Waals surface area (Å²) in [7, 11) is -2.99. The van der Waals surface area contributed by atoms with Gasteiger partial charge in [0.1, 0.15) is 0 Å². The zero-order chi connectivity index (χ0) is 17.0. The van der Waals surface area contributed by atoms with Crippen LogP contribution in [0.1, 0.15) is 25.8 Å². The molecule has 128 valence electrons. The number of sulfone groups is 1. The molecule has 2 unspecified atom stereocenters. The van der Waals surface area contributed by atoms with E-state index in [1.807, 2.05) is 38.1 Å². The Morgan fingerprint density at radius 3 is 2.78 bits per heavy atom. The zero-order valence-corrected chi connectivity index (χ0v) is 15.8. The van der Waals surface area contributed by atoms with Crippen LogP contribution in [-0.4, -0.2) is 48.6 Å². The molecule has 2 atom stereocenters. The van der Waals surface area contributed by atoms with Crippen molar-refractivity contribution in [1.82, 2.24) is 4.90 Å². The van der Waals surface area contributed by atoms with Gasteiger partial charge in [-0.05, 0) is 38.0 Å². The molecule has 0 aliphatic carbocycles. The van der Waals surface area contributed by atoms with Crippen molar-refractivity contribution in [2.75, 3.05) is 18.1 Å². The number of carbonyl (C=O) groups is 1. The third-order valence-electron chi connectivity index (χ3n) is 4.01. The summed E-state index contributed by atoms with van der Waals surface area (Å²) in [5.74, 6) is 0.999. The smallest absolute Gasteiger partial charge is 0.235 e. The molecule has 4 nitrogen and oxygen atoms in total. The minimum Gasteiger partial charge on any atom is -0.338 e. The van der Waals surface area contributed by atoms with Crippen LogP contribution in [0.15, 0.2) is 24.3 Å². The largest absolute Gasteiger partial charge is 0.338 e. The highest BCUT2D eigenvalue weighted by atomic mass is 35.5. The third kappa shape index (κ3) is 5.13. The van der Waals surface area contributed by atoms with Crippen molar-refractivity contribution in [3.63, 3.8) is 0 Å². The fraction of sp³-hybridized carbons (Fsp3) is 0.562. The molecule has 0 radical (unpaired) electrons. The van der Waals surface area contributed by atoms with Crippen molar-refractivity contribution in [2.24, 2.45) is 0 Å². The maximum Gasteiger partial charge on any atom is 0.235 e. The maximum absolute atomic E-state index is 12.6. The topological polar surface area (TPSA) is 54.5 Å². The first kappa shape index (κ1) is 18.6. The van der Waals surface area contributed by atoms with Gasteiger partial charge >= 0.3 is 0 Å². The van der Waals surface area contributed by atoms with Crippen LogP contribution in [0.25, 0.3) is 0 Å². The second-order valence-electron chi connectivity index (χ2n) is 5.76. The molecule has 2 rings (SSSR count). The Balaban J connectivity index is 1.94. The first-order valence-corrected chi connectivity index (χ1v) is 10.9. The Bertz CT molecular complexity index is 663. The van der Waals surface area contributed by atoms with E-state index in [0.29, 0.717) is 23.7 Å². The summed E-state index contributed by atoms with van der Waals surface area (Å²) >= 11 is 7.52. The number of hydrogen-bond donors (Lipinski definition) is 0. The maximum atomic E-state index is 12.6. The van der Waals surface area contributed by atoms with E-state index in [1.54, 1.807) is 16.7 Å². The second kappa shape index (κ2) is 7.90. The van der Waals surface area contributed by atoms with Crippen molar-refractivity contribution < 1.29 is 13.2 Å². The van der Waals surface area contributed by atoms with E-state index in [2.05, 4.69) is 0 Å². The average molecular weight is 376 g/mol. The Hall–Kier alpha value is -0.720. The molecule has 1 aromatic carbocycles. The van der Waals surface area contributed by atoms with Crippen LogP contribution in [0.2, 0.25) is 5.02 Å². The number of halogens is 1. The van der Waals surface area contributed by atoms with Gasteiger partial charge in [-0.3, -0.25) is 4.79 Å². The fourth-order valence-corrected chi connectivity index (χ4v) is 5.61. The summed E-state index contributed by atoms with van der Waals surface area (Å²) in [4.78, 5) is 14.4. The molecule has 23 heavy (non-hydrogen) atoms. The predicted octanol–water partition coefficient (Wildman–Crippen LogP) is 3.00. The van der Waals surface area contributed by atoms with Crippen molar-refractivity contribution in [2.45, 2.75) is 37.3 Å². The molecule has 0 spiro atoms. The van der Waals surface area contributed by atoms with Crippen LogP contribution < -0.4 is 0 Å². The molecule has 0 bridgehead atoms. The summed E-state index contributed by atoms with van der Waals surface area (Å²) in [5, 5.41) is 0.477. The van der Waals surface area contributed by atoms with Crippen molar-refractivity contribution in [3.8, 4) is 0 Å². The van der Waals surface area contributed by atoms with Gasteiger partial charge in [0.25, 0.3) is 0 Å². The molecular formula is C16H22ClNO3S2. The first-order valence-electron chi connectivity index (χ1n) is 7.69. The van der Waals surface area contributed by atoms with E-state index in [9.17, 15) is 13.2 Å². The number of thioether (sulfide) groups is 1. The molecule has 0 saturated carbocycles. The molecule has 0 N–H and O–H groups in total. The van der Waals surface area contributed by atoms with E-state index in [4.69, 9.17) is 11.6 Å². The molecule has 1 saturated heterocycles. The summed E-state index contributed by atoms with van der Waals surface area (Å²) in [6.07, 6.45) is 0.549. The molecule has 1 heterocycles. The minimum absolute atomic E-state index is 0.0154. The van der Waals surface area contributed by atoms with Gasteiger partial charge in [0, 0.05) is 23.4 Å². The molecule has 0 aromatic heterocycles. The number of rotatable bonds is 6. The highest BCUT2D eigenvalue weighted by molar-refractivity contribution is 7.99. The minimum atomic E-state index is -2.99. The lowest BCUT2D eigenvalue weighted by Crippen LogP contribution is -2.44. The van der Waals surface area contributed by atoms with Crippen LogP contribution in [0.5, 0.6) is 0 Å². The first-order chi connectivity index (χ1) is 10.8. The molecule has 1 aliphatic heterocycles. The standard InChI is InChI=1S/C16H22ClNO3S2/c1-3-18(15-7-8-23(20,21)11-15)16(19)12(2)22-10-13-5-4-6-14(17)9-13/h4-6,9,12,15H,3,7-8,10-11H2,1-2H3. The number of benzene rings is 1. The average Bonchev–Trinajstić information content (AvgIpc) is 2.85. The van der Waals surface area contributed by atoms with Gasteiger partial charge in [0.05, 0.1) is 16.8 Å². The zero-order valence-electron chi connectivity index (χ0n) is 13.4. The van der Waals surface area contributed by atoms with E-state index in [1.165, 1.54) is 0 Å². The van der Waals surface area contributed by atoms with Crippen molar-refractivity contribution in [1.29, 1.82) is 0 Å². The summed E-state index contributed by atoms with van der Waals surface area (Å²) < 4.78 is 23.3. The predicted molar refractivity (Wildman–Crippen MR) is 96.7 cm³/mol. The Kier molecular flexibility index (Phi) is 6.40. The summed E-state index contributed by atoms with van der Waals surface area (Å²) in [5.41, 5.74) is 1.08.